The minimum absolute atomic E-state index is 0.0584. The lowest BCUT2D eigenvalue weighted by atomic mass is 10.0. The van der Waals surface area contributed by atoms with E-state index in [4.69, 9.17) is 0 Å². The zero-order valence-electron chi connectivity index (χ0n) is 17.6. The highest BCUT2D eigenvalue weighted by atomic mass is 32.1. The fourth-order valence-corrected chi connectivity index (χ4v) is 3.66. The first-order valence-electron chi connectivity index (χ1n) is 9.56. The van der Waals surface area contributed by atoms with E-state index in [1.807, 2.05) is 0 Å². The van der Waals surface area contributed by atoms with Crippen LogP contribution in [0.5, 0.6) is 0 Å². The summed E-state index contributed by atoms with van der Waals surface area (Å²) in [5, 5.41) is 4.05. The molecule has 12 heteroatoms. The van der Waals surface area contributed by atoms with Crippen LogP contribution >= 0.6 is 11.3 Å². The number of thiazole rings is 1. The maximum Gasteiger partial charge on any atom is 0.435 e. The molecule has 0 fully saturated rings. The molecule has 3 aromatic rings. The van der Waals surface area contributed by atoms with Crippen LogP contribution in [0.2, 0.25) is 0 Å². The summed E-state index contributed by atoms with van der Waals surface area (Å²) in [4.78, 5) is 40.2. The summed E-state index contributed by atoms with van der Waals surface area (Å²) in [5.41, 5.74) is -3.25. The van der Waals surface area contributed by atoms with Crippen molar-refractivity contribution >= 4 is 34.1 Å². The second-order valence-corrected chi connectivity index (χ2v) is 8.57. The van der Waals surface area contributed by atoms with Crippen molar-refractivity contribution < 1.29 is 36.3 Å². The number of benzene rings is 2. The zero-order chi connectivity index (χ0) is 25.3. The van der Waals surface area contributed by atoms with Crippen LogP contribution < -0.4 is 10.6 Å². The Morgan fingerprint density at radius 1 is 0.853 bits per heavy atom. The number of rotatable bonds is 6. The summed E-state index contributed by atoms with van der Waals surface area (Å²) >= 11 is 0.294. The fraction of sp³-hybridized carbons (Fsp3) is 0.182. The van der Waals surface area contributed by atoms with Gasteiger partial charge in [0.15, 0.2) is 10.8 Å². The maximum atomic E-state index is 13.5. The van der Waals surface area contributed by atoms with Gasteiger partial charge in [0.2, 0.25) is 5.78 Å². The molecule has 0 saturated heterocycles. The first-order chi connectivity index (χ1) is 15.8. The van der Waals surface area contributed by atoms with E-state index in [2.05, 4.69) is 15.6 Å². The number of amides is 2. The second kappa shape index (κ2) is 9.29. The Morgan fingerprint density at radius 3 is 1.85 bits per heavy atom. The molecule has 34 heavy (non-hydrogen) atoms. The summed E-state index contributed by atoms with van der Waals surface area (Å²) in [7, 11) is 0. The van der Waals surface area contributed by atoms with Gasteiger partial charge in [0.25, 0.3) is 11.8 Å². The number of anilines is 1. The number of nitrogens with zero attached hydrogens (tertiary/aromatic N) is 1. The highest BCUT2D eigenvalue weighted by molar-refractivity contribution is 7.18. The van der Waals surface area contributed by atoms with Crippen molar-refractivity contribution in [2.24, 2.45) is 0 Å². The third-order valence-corrected chi connectivity index (χ3v) is 5.50. The maximum absolute atomic E-state index is 13.5. The Bertz CT molecular complexity index is 1240. The van der Waals surface area contributed by atoms with Crippen LogP contribution in [0.1, 0.15) is 45.1 Å². The minimum Gasteiger partial charge on any atom is -0.338 e. The molecule has 3 rings (SSSR count). The molecule has 0 saturated carbocycles. The topological polar surface area (TPSA) is 88.2 Å². The molecule has 0 spiro atoms. The molecule has 0 aliphatic carbocycles. The van der Waals surface area contributed by atoms with Gasteiger partial charge in [0, 0.05) is 11.1 Å². The summed E-state index contributed by atoms with van der Waals surface area (Å²) in [6.07, 6.45) is -5.00. The van der Waals surface area contributed by atoms with E-state index in [9.17, 15) is 36.3 Å². The summed E-state index contributed by atoms with van der Waals surface area (Å²) in [6, 6.07) is 8.41. The number of hydrogen-bond donors (Lipinski definition) is 2. The molecule has 0 atom stereocenters. The first kappa shape index (κ1) is 25.0. The van der Waals surface area contributed by atoms with Crippen LogP contribution in [0.4, 0.5) is 27.1 Å². The normalized spacial score (nSPS) is 11.7. The van der Waals surface area contributed by atoms with Crippen LogP contribution in [-0.4, -0.2) is 28.1 Å². The number of carbonyl (C=O) groups excluding carboxylic acids is 3. The summed E-state index contributed by atoms with van der Waals surface area (Å²) in [6.45, 7) is 2.60. The van der Waals surface area contributed by atoms with Crippen LogP contribution in [0.3, 0.4) is 0 Å². The van der Waals surface area contributed by atoms with Crippen molar-refractivity contribution in [3.05, 3.63) is 81.9 Å². The molecule has 0 aliphatic rings. The molecule has 0 unspecified atom stereocenters. The minimum atomic E-state index is -5.00. The molecule has 1 aromatic heterocycles. The molecule has 2 N–H and O–H groups in total. The highest BCUT2D eigenvalue weighted by Crippen LogP contribution is 2.37. The van der Waals surface area contributed by atoms with Gasteiger partial charge in [-0.25, -0.2) is 13.8 Å². The first-order valence-corrected chi connectivity index (χ1v) is 10.4. The predicted octanol–water partition coefficient (Wildman–Crippen LogP) is 4.82. The van der Waals surface area contributed by atoms with E-state index >= 15 is 0 Å². The quantitative estimate of drug-likeness (QED) is 0.378. The third-order valence-electron chi connectivity index (χ3n) is 4.53. The van der Waals surface area contributed by atoms with Crippen molar-refractivity contribution in [1.82, 2.24) is 10.3 Å². The Kier molecular flexibility index (Phi) is 6.82. The van der Waals surface area contributed by atoms with E-state index in [0.717, 1.165) is 36.4 Å². The van der Waals surface area contributed by atoms with Gasteiger partial charge in [-0.1, -0.05) is 11.3 Å². The number of halogens is 5. The van der Waals surface area contributed by atoms with Crippen molar-refractivity contribution in [2.45, 2.75) is 25.6 Å². The smallest absolute Gasteiger partial charge is 0.338 e. The third kappa shape index (κ3) is 5.63. The second-order valence-electron chi connectivity index (χ2n) is 7.57. The number of ketones is 1. The number of carbonyl (C=O) groups is 3. The van der Waals surface area contributed by atoms with E-state index in [0.29, 0.717) is 11.3 Å². The van der Waals surface area contributed by atoms with Gasteiger partial charge in [-0.3, -0.25) is 19.7 Å². The predicted molar refractivity (Wildman–Crippen MR) is 114 cm³/mol. The van der Waals surface area contributed by atoms with Gasteiger partial charge in [0.1, 0.15) is 22.1 Å². The molecule has 6 nitrogen and oxygen atoms in total. The van der Waals surface area contributed by atoms with Crippen LogP contribution in [0.15, 0.2) is 48.5 Å². The Labute approximate surface area is 193 Å². The van der Waals surface area contributed by atoms with Crippen LogP contribution in [-0.2, 0) is 11.0 Å². The van der Waals surface area contributed by atoms with Crippen molar-refractivity contribution in [2.75, 3.05) is 5.32 Å². The van der Waals surface area contributed by atoms with Crippen molar-refractivity contribution in [3.63, 3.8) is 0 Å². The molecule has 0 bridgehead atoms. The van der Waals surface area contributed by atoms with Gasteiger partial charge in [-0.2, -0.15) is 13.2 Å². The lowest BCUT2D eigenvalue weighted by Gasteiger charge is -2.24. The van der Waals surface area contributed by atoms with Gasteiger partial charge < -0.3 is 5.32 Å². The molecule has 178 valence electrons. The van der Waals surface area contributed by atoms with E-state index < -0.39 is 56.6 Å². The van der Waals surface area contributed by atoms with E-state index in [1.54, 1.807) is 0 Å². The van der Waals surface area contributed by atoms with Gasteiger partial charge in [-0.05, 0) is 62.4 Å². The molecule has 0 radical (unpaired) electrons. The summed E-state index contributed by atoms with van der Waals surface area (Å²) < 4.78 is 66.6. The zero-order valence-corrected chi connectivity index (χ0v) is 18.4. The van der Waals surface area contributed by atoms with Crippen LogP contribution in [0, 0.1) is 11.6 Å². The largest absolute Gasteiger partial charge is 0.435 e. The van der Waals surface area contributed by atoms with E-state index in [-0.39, 0.29) is 11.1 Å². The lowest BCUT2D eigenvalue weighted by molar-refractivity contribution is -0.141. The summed E-state index contributed by atoms with van der Waals surface area (Å²) in [5.74, 6) is -3.92. The SMILES string of the molecule is CC(C)(NC(=O)c1ccc(F)cc1)C(=O)Nc1nc(C(F)(F)F)c(C(=O)c2ccc(F)cc2)s1. The van der Waals surface area contributed by atoms with Crippen molar-refractivity contribution in [3.8, 4) is 0 Å². The van der Waals surface area contributed by atoms with Crippen LogP contribution in [0.25, 0.3) is 0 Å². The highest BCUT2D eigenvalue weighted by Gasteiger charge is 2.40. The Morgan fingerprint density at radius 2 is 1.35 bits per heavy atom. The molecule has 2 aromatic carbocycles. The standard InChI is InChI=1S/C22H16F5N3O3S/c1-21(2,30-18(32)12-5-9-14(24)10-6-12)19(33)29-20-28-17(22(25,26)27)16(34-20)15(31)11-3-7-13(23)8-4-11/h3-10H,1-2H3,(H,30,32)(H,28,29,33). The van der Waals surface area contributed by atoms with Gasteiger partial charge in [0.05, 0.1) is 0 Å². The average Bonchev–Trinajstić information content (AvgIpc) is 3.18. The number of aromatic nitrogens is 1. The molecule has 2 amide bonds. The molecule has 1 heterocycles. The molecular weight excluding hydrogens is 481 g/mol. The Hall–Kier alpha value is -3.67. The lowest BCUT2D eigenvalue weighted by Crippen LogP contribution is -2.52. The van der Waals surface area contributed by atoms with Crippen molar-refractivity contribution in [1.29, 1.82) is 0 Å². The monoisotopic (exact) mass is 497 g/mol. The number of alkyl halides is 3. The molecule has 0 aliphatic heterocycles. The average molecular weight is 497 g/mol. The Balaban J connectivity index is 1.83. The fourth-order valence-electron chi connectivity index (χ4n) is 2.72. The molecular formula is C22H16F5N3O3S. The van der Waals surface area contributed by atoms with Gasteiger partial charge >= 0.3 is 6.18 Å². The van der Waals surface area contributed by atoms with Gasteiger partial charge in [-0.15, -0.1) is 0 Å². The number of hydrogen-bond acceptors (Lipinski definition) is 5. The van der Waals surface area contributed by atoms with E-state index in [1.165, 1.54) is 26.0 Å². The number of nitrogens with one attached hydrogen (secondary N) is 2.